The van der Waals surface area contributed by atoms with Gasteiger partial charge in [-0.3, -0.25) is 4.79 Å². The molecule has 0 aromatic heterocycles. The molecule has 0 radical (unpaired) electrons. The highest BCUT2D eigenvalue weighted by Crippen LogP contribution is 2.30. The summed E-state index contributed by atoms with van der Waals surface area (Å²) in [5, 5.41) is 3.01. The minimum atomic E-state index is -3.92. The summed E-state index contributed by atoms with van der Waals surface area (Å²) in [6.45, 7) is 0.351. The van der Waals surface area contributed by atoms with Crippen molar-refractivity contribution in [3.05, 3.63) is 84.7 Å². The molecule has 31 heavy (non-hydrogen) atoms. The lowest BCUT2D eigenvalue weighted by molar-refractivity contribution is -0.120. The highest BCUT2D eigenvalue weighted by atomic mass is 32.2. The predicted molar refractivity (Wildman–Crippen MR) is 118 cm³/mol. The number of carbonyl (C=O) groups excluding carboxylic acids is 1. The maximum Gasteiger partial charge on any atom is 0.245 e. The van der Waals surface area contributed by atoms with Crippen molar-refractivity contribution in [2.45, 2.75) is 17.7 Å². The van der Waals surface area contributed by atoms with E-state index in [2.05, 4.69) is 5.32 Å². The van der Waals surface area contributed by atoms with Crippen LogP contribution < -0.4 is 5.32 Å². The number of nitrogens with one attached hydrogen (secondary N) is 1. The molecule has 1 fully saturated rings. The number of hydrogen-bond donors (Lipinski definition) is 1. The quantitative estimate of drug-likeness (QED) is 0.636. The Bertz CT molecular complexity index is 1170. The first-order valence-electron chi connectivity index (χ1n) is 10.2. The number of anilines is 1. The van der Waals surface area contributed by atoms with Crippen LogP contribution >= 0.6 is 0 Å². The maximum absolute atomic E-state index is 14.0. The molecule has 3 aromatic carbocycles. The number of nitrogens with zero attached hydrogens (tertiary/aromatic N) is 1. The van der Waals surface area contributed by atoms with Crippen molar-refractivity contribution in [1.82, 2.24) is 4.31 Å². The zero-order valence-electron chi connectivity index (χ0n) is 16.9. The maximum atomic E-state index is 14.0. The van der Waals surface area contributed by atoms with E-state index in [0.29, 0.717) is 12.8 Å². The molecule has 0 saturated carbocycles. The van der Waals surface area contributed by atoms with Gasteiger partial charge in [-0.1, -0.05) is 60.7 Å². The van der Waals surface area contributed by atoms with Gasteiger partial charge in [-0.25, -0.2) is 12.8 Å². The van der Waals surface area contributed by atoms with Gasteiger partial charge in [0, 0.05) is 30.3 Å². The number of amides is 1. The van der Waals surface area contributed by atoms with Gasteiger partial charge in [0.25, 0.3) is 0 Å². The van der Waals surface area contributed by atoms with Gasteiger partial charge in [0.1, 0.15) is 10.7 Å². The summed E-state index contributed by atoms with van der Waals surface area (Å²) in [4.78, 5) is 12.6. The van der Waals surface area contributed by atoms with Crippen molar-refractivity contribution < 1.29 is 17.6 Å². The van der Waals surface area contributed by atoms with Crippen molar-refractivity contribution in [3.8, 4) is 11.1 Å². The molecule has 1 aliphatic rings. The fourth-order valence-electron chi connectivity index (χ4n) is 3.85. The van der Waals surface area contributed by atoms with E-state index >= 15 is 0 Å². The lowest BCUT2D eigenvalue weighted by Crippen LogP contribution is -2.41. The van der Waals surface area contributed by atoms with Crippen LogP contribution in [0.25, 0.3) is 11.1 Å². The minimum Gasteiger partial charge on any atom is -0.325 e. The molecule has 1 aliphatic heterocycles. The average molecular weight is 439 g/mol. The van der Waals surface area contributed by atoms with Crippen LogP contribution in [-0.4, -0.2) is 31.7 Å². The first-order valence-corrected chi connectivity index (χ1v) is 11.6. The fourth-order valence-corrected chi connectivity index (χ4v) is 5.38. The highest BCUT2D eigenvalue weighted by Gasteiger charge is 2.33. The molecule has 0 bridgehead atoms. The van der Waals surface area contributed by atoms with E-state index < -0.39 is 15.8 Å². The number of carbonyl (C=O) groups is 1. The molecule has 0 aliphatic carbocycles. The molecule has 1 N–H and O–H groups in total. The molecule has 0 spiro atoms. The molecule has 3 aromatic rings. The van der Waals surface area contributed by atoms with Gasteiger partial charge in [-0.15, -0.1) is 0 Å². The molecule has 1 saturated heterocycles. The van der Waals surface area contributed by atoms with E-state index in [1.54, 1.807) is 0 Å². The molecule has 1 amide bonds. The van der Waals surface area contributed by atoms with Crippen LogP contribution in [0.5, 0.6) is 0 Å². The number of para-hydroxylation sites is 1. The standard InChI is InChI=1S/C24H23FN2O3S/c25-21-11-5-7-13-23(21)31(29,30)27-16-14-19(15-17-27)24(28)26-22-12-6-4-10-20(22)18-8-2-1-3-9-18/h1-13,19H,14-17H2,(H,26,28). The Morgan fingerprint density at radius 3 is 2.19 bits per heavy atom. The Balaban J connectivity index is 1.44. The Morgan fingerprint density at radius 2 is 1.48 bits per heavy atom. The van der Waals surface area contributed by atoms with Crippen molar-refractivity contribution in [2.24, 2.45) is 5.92 Å². The van der Waals surface area contributed by atoms with Crippen LogP contribution in [0.15, 0.2) is 83.8 Å². The van der Waals surface area contributed by atoms with Crippen LogP contribution in [-0.2, 0) is 14.8 Å². The van der Waals surface area contributed by atoms with Crippen LogP contribution in [0.1, 0.15) is 12.8 Å². The van der Waals surface area contributed by atoms with Crippen LogP contribution in [0.3, 0.4) is 0 Å². The molecule has 4 rings (SSSR count). The number of hydrogen-bond acceptors (Lipinski definition) is 3. The topological polar surface area (TPSA) is 66.5 Å². The summed E-state index contributed by atoms with van der Waals surface area (Å²) in [5.41, 5.74) is 2.65. The highest BCUT2D eigenvalue weighted by molar-refractivity contribution is 7.89. The average Bonchev–Trinajstić information content (AvgIpc) is 2.80. The first-order chi connectivity index (χ1) is 15.0. The summed E-state index contributed by atoms with van der Waals surface area (Å²) in [6, 6.07) is 22.8. The second-order valence-corrected chi connectivity index (χ2v) is 9.42. The van der Waals surface area contributed by atoms with Crippen LogP contribution in [0.2, 0.25) is 0 Å². The summed E-state index contributed by atoms with van der Waals surface area (Å²) in [7, 11) is -3.92. The zero-order valence-corrected chi connectivity index (χ0v) is 17.7. The number of halogens is 1. The molecule has 160 valence electrons. The molecule has 0 unspecified atom stereocenters. The van der Waals surface area contributed by atoms with E-state index in [-0.39, 0.29) is 29.8 Å². The molecule has 5 nitrogen and oxygen atoms in total. The summed E-state index contributed by atoms with van der Waals surface area (Å²) in [5.74, 6) is -1.21. The summed E-state index contributed by atoms with van der Waals surface area (Å²) >= 11 is 0. The van der Waals surface area contributed by atoms with Gasteiger partial charge in [0.2, 0.25) is 15.9 Å². The Morgan fingerprint density at radius 1 is 0.871 bits per heavy atom. The lowest BCUT2D eigenvalue weighted by Gasteiger charge is -2.30. The number of rotatable bonds is 5. The Hall–Kier alpha value is -3.03. The van der Waals surface area contributed by atoms with Crippen molar-refractivity contribution in [3.63, 3.8) is 0 Å². The number of piperidine rings is 1. The van der Waals surface area contributed by atoms with Crippen LogP contribution in [0.4, 0.5) is 10.1 Å². The van der Waals surface area contributed by atoms with Gasteiger partial charge in [0.05, 0.1) is 0 Å². The minimum absolute atomic E-state index is 0.133. The number of sulfonamides is 1. The third-order valence-corrected chi connectivity index (χ3v) is 7.48. The predicted octanol–water partition coefficient (Wildman–Crippen LogP) is 4.53. The van der Waals surface area contributed by atoms with Crippen molar-refractivity contribution >= 4 is 21.6 Å². The normalized spacial score (nSPS) is 15.5. The van der Waals surface area contributed by atoms with Gasteiger partial charge in [-0.05, 0) is 36.6 Å². The Labute approximate surface area is 181 Å². The summed E-state index contributed by atoms with van der Waals surface area (Å²) in [6.07, 6.45) is 0.764. The van der Waals surface area contributed by atoms with E-state index in [1.165, 1.54) is 22.5 Å². The monoisotopic (exact) mass is 438 g/mol. The van der Waals surface area contributed by atoms with Gasteiger partial charge in [0.15, 0.2) is 0 Å². The van der Waals surface area contributed by atoms with Crippen molar-refractivity contribution in [2.75, 3.05) is 18.4 Å². The smallest absolute Gasteiger partial charge is 0.245 e. The molecular formula is C24H23FN2O3S. The third-order valence-electron chi connectivity index (χ3n) is 5.55. The molecule has 0 atom stereocenters. The molecule has 1 heterocycles. The van der Waals surface area contributed by atoms with E-state index in [1.807, 2.05) is 54.6 Å². The zero-order chi connectivity index (χ0) is 21.8. The largest absolute Gasteiger partial charge is 0.325 e. The SMILES string of the molecule is O=C(Nc1ccccc1-c1ccccc1)C1CCN(S(=O)(=O)c2ccccc2F)CC1. The van der Waals surface area contributed by atoms with E-state index in [9.17, 15) is 17.6 Å². The van der Waals surface area contributed by atoms with Crippen molar-refractivity contribution in [1.29, 1.82) is 0 Å². The molecule has 7 heteroatoms. The van der Waals surface area contributed by atoms with Gasteiger partial charge < -0.3 is 5.32 Å². The fraction of sp³-hybridized carbons (Fsp3) is 0.208. The summed E-state index contributed by atoms with van der Waals surface area (Å²) < 4.78 is 40.8. The van der Waals surface area contributed by atoms with Crippen LogP contribution in [0, 0.1) is 11.7 Å². The van der Waals surface area contributed by atoms with E-state index in [4.69, 9.17) is 0 Å². The first kappa shape index (κ1) is 21.2. The lowest BCUT2D eigenvalue weighted by atomic mass is 9.96. The Kier molecular flexibility index (Phi) is 6.15. The second kappa shape index (κ2) is 8.99. The van der Waals surface area contributed by atoms with Gasteiger partial charge >= 0.3 is 0 Å². The van der Waals surface area contributed by atoms with Gasteiger partial charge in [-0.2, -0.15) is 4.31 Å². The van der Waals surface area contributed by atoms with E-state index in [0.717, 1.165) is 22.9 Å². The number of benzene rings is 3. The molecular weight excluding hydrogens is 415 g/mol. The second-order valence-electron chi connectivity index (χ2n) is 7.51. The third kappa shape index (κ3) is 4.52.